The van der Waals surface area contributed by atoms with Crippen molar-refractivity contribution in [1.29, 1.82) is 0 Å². The Morgan fingerprint density at radius 1 is 1.33 bits per heavy atom. The van der Waals surface area contributed by atoms with Gasteiger partial charge in [0.25, 0.3) is 0 Å². The molecular weight excluding hydrogens is 290 g/mol. The van der Waals surface area contributed by atoms with E-state index in [2.05, 4.69) is 23.9 Å². The zero-order valence-corrected chi connectivity index (χ0v) is 13.7. The van der Waals surface area contributed by atoms with Crippen LogP contribution in [0.2, 0.25) is 0 Å². The van der Waals surface area contributed by atoms with Gasteiger partial charge in [-0.3, -0.25) is 0 Å². The van der Waals surface area contributed by atoms with Crippen molar-refractivity contribution in [2.75, 3.05) is 37.9 Å². The largest absolute Gasteiger partial charge is 0.398 e. The van der Waals surface area contributed by atoms with Gasteiger partial charge in [-0.15, -0.1) is 0 Å². The van der Waals surface area contributed by atoms with Crippen molar-refractivity contribution in [2.24, 2.45) is 5.92 Å². The van der Waals surface area contributed by atoms with Crippen LogP contribution in [-0.4, -0.2) is 35.2 Å². The molecule has 0 saturated carbocycles. The minimum atomic E-state index is -3.51. The Balaban J connectivity index is 2.46. The first-order chi connectivity index (χ1) is 9.86. The molecule has 0 aliphatic rings. The number of nitrogens with two attached hydrogens (primary N) is 1. The third-order valence-corrected chi connectivity index (χ3v) is 4.30. The van der Waals surface area contributed by atoms with E-state index in [4.69, 9.17) is 10.5 Å². The van der Waals surface area contributed by atoms with Crippen molar-refractivity contribution in [1.82, 2.24) is 4.72 Å². The lowest BCUT2D eigenvalue weighted by Gasteiger charge is -2.11. The Labute approximate surface area is 127 Å². The van der Waals surface area contributed by atoms with Crippen LogP contribution < -0.4 is 15.8 Å². The van der Waals surface area contributed by atoms with Gasteiger partial charge in [0, 0.05) is 25.4 Å². The second-order valence-electron chi connectivity index (χ2n) is 5.21. The second-order valence-corrected chi connectivity index (χ2v) is 7.06. The van der Waals surface area contributed by atoms with Gasteiger partial charge in [0.1, 0.15) is 4.90 Å². The summed E-state index contributed by atoms with van der Waals surface area (Å²) in [6.45, 7) is 6.44. The highest BCUT2D eigenvalue weighted by molar-refractivity contribution is 7.89. The van der Waals surface area contributed by atoms with Gasteiger partial charge < -0.3 is 15.8 Å². The van der Waals surface area contributed by atoms with Gasteiger partial charge in [-0.25, -0.2) is 13.1 Å². The van der Waals surface area contributed by atoms with Crippen molar-refractivity contribution in [3.05, 3.63) is 18.2 Å². The molecule has 0 atom stereocenters. The van der Waals surface area contributed by atoms with Crippen LogP contribution in [0, 0.1) is 5.92 Å². The van der Waals surface area contributed by atoms with E-state index in [0.717, 1.165) is 25.3 Å². The van der Waals surface area contributed by atoms with Crippen LogP contribution in [0.15, 0.2) is 23.1 Å². The molecule has 4 N–H and O–H groups in total. The SMILES string of the molecule is CNS(=O)(=O)c1ccc(NCCCOCC(C)C)cc1N. The first-order valence-electron chi connectivity index (χ1n) is 7.01. The molecule has 0 aliphatic carbocycles. The van der Waals surface area contributed by atoms with Gasteiger partial charge >= 0.3 is 0 Å². The number of anilines is 2. The Hall–Kier alpha value is -1.31. The van der Waals surface area contributed by atoms with Crippen molar-refractivity contribution < 1.29 is 13.2 Å². The average molecular weight is 315 g/mol. The number of hydrogen-bond acceptors (Lipinski definition) is 5. The molecule has 0 radical (unpaired) electrons. The molecule has 120 valence electrons. The van der Waals surface area contributed by atoms with Gasteiger partial charge in [0.05, 0.1) is 5.69 Å². The third-order valence-electron chi connectivity index (χ3n) is 2.81. The van der Waals surface area contributed by atoms with Crippen molar-refractivity contribution >= 4 is 21.4 Å². The highest BCUT2D eigenvalue weighted by Gasteiger charge is 2.14. The van der Waals surface area contributed by atoms with Gasteiger partial charge in [-0.2, -0.15) is 0 Å². The lowest BCUT2D eigenvalue weighted by atomic mass is 10.2. The molecule has 7 heteroatoms. The van der Waals surface area contributed by atoms with E-state index in [1.54, 1.807) is 12.1 Å². The van der Waals surface area contributed by atoms with E-state index < -0.39 is 10.0 Å². The second kappa shape index (κ2) is 8.21. The molecule has 0 fully saturated rings. The maximum absolute atomic E-state index is 11.7. The summed E-state index contributed by atoms with van der Waals surface area (Å²) in [5.41, 5.74) is 6.81. The highest BCUT2D eigenvalue weighted by Crippen LogP contribution is 2.22. The fourth-order valence-corrected chi connectivity index (χ4v) is 2.58. The number of nitrogen functional groups attached to an aromatic ring is 1. The first kappa shape index (κ1) is 17.7. The van der Waals surface area contributed by atoms with Gasteiger partial charge in [-0.1, -0.05) is 13.8 Å². The molecule has 21 heavy (non-hydrogen) atoms. The summed E-state index contributed by atoms with van der Waals surface area (Å²) in [6.07, 6.45) is 0.878. The molecular formula is C14H25N3O3S. The monoisotopic (exact) mass is 315 g/mol. The van der Waals surface area contributed by atoms with Gasteiger partial charge in [0.2, 0.25) is 10.0 Å². The van der Waals surface area contributed by atoms with E-state index in [1.165, 1.54) is 13.1 Å². The summed E-state index contributed by atoms with van der Waals surface area (Å²) in [6, 6.07) is 4.83. The smallest absolute Gasteiger partial charge is 0.242 e. The summed E-state index contributed by atoms with van der Waals surface area (Å²) in [4.78, 5) is 0.0933. The molecule has 0 aliphatic heterocycles. The summed E-state index contributed by atoms with van der Waals surface area (Å²) >= 11 is 0. The normalized spacial score (nSPS) is 11.8. The van der Waals surface area contributed by atoms with Crippen LogP contribution in [0.1, 0.15) is 20.3 Å². The predicted molar refractivity (Wildman–Crippen MR) is 85.9 cm³/mol. The molecule has 0 amide bonds. The van der Waals surface area contributed by atoms with E-state index in [0.29, 0.717) is 12.5 Å². The zero-order valence-electron chi connectivity index (χ0n) is 12.8. The Kier molecular flexibility index (Phi) is 6.94. The molecule has 6 nitrogen and oxygen atoms in total. The number of ether oxygens (including phenoxy) is 1. The van der Waals surface area contributed by atoms with Crippen molar-refractivity contribution in [3.63, 3.8) is 0 Å². The lowest BCUT2D eigenvalue weighted by Crippen LogP contribution is -2.20. The fraction of sp³-hybridized carbons (Fsp3) is 0.571. The molecule has 1 aromatic rings. The first-order valence-corrected chi connectivity index (χ1v) is 8.50. The molecule has 0 aromatic heterocycles. The minimum absolute atomic E-state index is 0.0933. The van der Waals surface area contributed by atoms with Crippen LogP contribution in [0.25, 0.3) is 0 Å². The molecule has 1 rings (SSSR count). The van der Waals surface area contributed by atoms with Crippen molar-refractivity contribution in [3.8, 4) is 0 Å². The molecule has 0 unspecified atom stereocenters. The number of benzene rings is 1. The standard InChI is InChI=1S/C14H25N3O3S/c1-11(2)10-20-8-4-7-17-12-5-6-14(13(15)9-12)21(18,19)16-3/h5-6,9,11,16-17H,4,7-8,10,15H2,1-3H3. The summed E-state index contributed by atoms with van der Waals surface area (Å²) in [5.74, 6) is 0.541. The number of sulfonamides is 1. The Bertz CT molecular complexity index is 544. The lowest BCUT2D eigenvalue weighted by molar-refractivity contribution is 0.110. The van der Waals surface area contributed by atoms with Gasteiger partial charge in [0.15, 0.2) is 0 Å². The third kappa shape index (κ3) is 5.91. The maximum atomic E-state index is 11.7. The molecule has 0 bridgehead atoms. The van der Waals surface area contributed by atoms with Crippen LogP contribution >= 0.6 is 0 Å². The Morgan fingerprint density at radius 2 is 2.05 bits per heavy atom. The fourth-order valence-electron chi connectivity index (χ4n) is 1.74. The van der Waals surface area contributed by atoms with E-state index >= 15 is 0 Å². The van der Waals surface area contributed by atoms with Gasteiger partial charge in [-0.05, 0) is 37.6 Å². The maximum Gasteiger partial charge on any atom is 0.242 e. The summed E-state index contributed by atoms with van der Waals surface area (Å²) in [5, 5.41) is 3.20. The van der Waals surface area contributed by atoms with Crippen LogP contribution in [0.5, 0.6) is 0 Å². The van der Waals surface area contributed by atoms with E-state index in [9.17, 15) is 8.42 Å². The van der Waals surface area contributed by atoms with Crippen LogP contribution in [-0.2, 0) is 14.8 Å². The predicted octanol–water partition coefficient (Wildman–Crippen LogP) is 1.65. The van der Waals surface area contributed by atoms with E-state index in [1.807, 2.05) is 0 Å². The minimum Gasteiger partial charge on any atom is -0.398 e. The van der Waals surface area contributed by atoms with E-state index in [-0.39, 0.29) is 10.6 Å². The average Bonchev–Trinajstić information content (AvgIpc) is 2.42. The topological polar surface area (TPSA) is 93.5 Å². The molecule has 1 aromatic carbocycles. The number of nitrogens with one attached hydrogen (secondary N) is 2. The highest BCUT2D eigenvalue weighted by atomic mass is 32.2. The molecule has 0 spiro atoms. The van der Waals surface area contributed by atoms with Crippen molar-refractivity contribution in [2.45, 2.75) is 25.2 Å². The molecule has 0 saturated heterocycles. The molecule has 0 heterocycles. The number of rotatable bonds is 9. The van der Waals surface area contributed by atoms with Crippen LogP contribution in [0.3, 0.4) is 0 Å². The Morgan fingerprint density at radius 3 is 2.62 bits per heavy atom. The quantitative estimate of drug-likeness (QED) is 0.476. The summed E-state index contributed by atoms with van der Waals surface area (Å²) in [7, 11) is -2.15. The number of hydrogen-bond donors (Lipinski definition) is 3. The summed E-state index contributed by atoms with van der Waals surface area (Å²) < 4.78 is 31.1. The zero-order chi connectivity index (χ0) is 15.9. The van der Waals surface area contributed by atoms with Crippen LogP contribution in [0.4, 0.5) is 11.4 Å².